The fourth-order valence-corrected chi connectivity index (χ4v) is 4.50. The van der Waals surface area contributed by atoms with Crippen LogP contribution in [0.4, 0.5) is 0 Å². The second kappa shape index (κ2) is 17.1. The van der Waals surface area contributed by atoms with E-state index in [9.17, 15) is 33.6 Å². The van der Waals surface area contributed by atoms with Gasteiger partial charge in [0.1, 0.15) is 18.1 Å². The van der Waals surface area contributed by atoms with E-state index in [0.29, 0.717) is 12.3 Å². The van der Waals surface area contributed by atoms with Crippen molar-refractivity contribution in [2.24, 2.45) is 0 Å². The average molecular weight is 572 g/mol. The van der Waals surface area contributed by atoms with Gasteiger partial charge in [-0.2, -0.15) is 12.6 Å². The molecule has 1 rings (SSSR count). The van der Waals surface area contributed by atoms with Crippen LogP contribution in [0.5, 0.6) is 0 Å². The van der Waals surface area contributed by atoms with Gasteiger partial charge in [0.25, 0.3) is 0 Å². The monoisotopic (exact) mass is 571 g/mol. The Morgan fingerprint density at radius 3 is 2.05 bits per heavy atom. The molecule has 6 amide bonds. The van der Waals surface area contributed by atoms with E-state index in [0.717, 1.165) is 29.9 Å². The van der Waals surface area contributed by atoms with Gasteiger partial charge in [0.15, 0.2) is 7.85 Å². The fourth-order valence-electron chi connectivity index (χ4n) is 3.40. The third-order valence-corrected chi connectivity index (χ3v) is 7.05. The first kappa shape index (κ1) is 33.5. The van der Waals surface area contributed by atoms with Crippen LogP contribution in [0, 0.1) is 0 Å². The number of amides is 6. The zero-order chi connectivity index (χ0) is 28.8. The van der Waals surface area contributed by atoms with Crippen molar-refractivity contribution in [3.05, 3.63) is 0 Å². The summed E-state index contributed by atoms with van der Waals surface area (Å²) in [5.74, 6) is -1.67. The number of thiol groups is 1. The molecule has 0 aromatic rings. The summed E-state index contributed by atoms with van der Waals surface area (Å²) >= 11 is 5.57. The molecule has 0 spiro atoms. The number of thioether (sulfide) groups is 1. The minimum atomic E-state index is -0.972. The molecule has 0 aromatic heterocycles. The number of unbranched alkanes of at least 4 members (excludes halogenated alkanes) is 2. The minimum Gasteiger partial charge on any atom is -0.345 e. The number of carbonyl (C=O) groups excluding carboxylic acids is 7. The lowest BCUT2D eigenvalue weighted by atomic mass is 9.97. The fraction of sp³-hybridized carbons (Fsp3) is 0.696. The van der Waals surface area contributed by atoms with E-state index in [4.69, 9.17) is 0 Å². The molecule has 212 valence electrons. The van der Waals surface area contributed by atoms with E-state index in [1.807, 2.05) is 0 Å². The number of carbonyl (C=O) groups is 7. The number of nitrogens with zero attached hydrogens (tertiary/aromatic N) is 1. The van der Waals surface area contributed by atoms with Gasteiger partial charge < -0.3 is 26.1 Å². The second-order valence-corrected chi connectivity index (χ2v) is 10.9. The Morgan fingerprint density at radius 1 is 0.921 bits per heavy atom. The predicted molar refractivity (Wildman–Crippen MR) is 149 cm³/mol. The van der Waals surface area contributed by atoms with Crippen molar-refractivity contribution in [2.45, 2.75) is 82.7 Å². The summed E-state index contributed by atoms with van der Waals surface area (Å²) in [6.07, 6.45) is 3.18. The smallest absolute Gasteiger partial charge is 0.242 e. The zero-order valence-electron chi connectivity index (χ0n) is 22.3. The summed E-state index contributed by atoms with van der Waals surface area (Å²) in [6, 6.07) is -2.75. The predicted octanol–water partition coefficient (Wildman–Crippen LogP) is -1.53. The Balaban J connectivity index is 2.28. The lowest BCUT2D eigenvalue weighted by molar-refractivity contribution is -0.139. The topological polar surface area (TPSA) is 171 Å². The number of hydrogen-bond donors (Lipinski definition) is 5. The number of imide groups is 1. The summed E-state index contributed by atoms with van der Waals surface area (Å²) in [5, 5.41) is 9.51. The highest BCUT2D eigenvalue weighted by Gasteiger charge is 2.36. The lowest BCUT2D eigenvalue weighted by Crippen LogP contribution is -2.54. The first-order valence-corrected chi connectivity index (χ1v) is 14.3. The van der Waals surface area contributed by atoms with Crippen LogP contribution in [-0.4, -0.2) is 95.4 Å². The molecule has 0 aliphatic carbocycles. The van der Waals surface area contributed by atoms with E-state index >= 15 is 0 Å². The maximum Gasteiger partial charge on any atom is 0.242 e. The molecule has 1 fully saturated rings. The van der Waals surface area contributed by atoms with Gasteiger partial charge in [0.2, 0.25) is 35.4 Å². The third kappa shape index (κ3) is 12.3. The van der Waals surface area contributed by atoms with E-state index in [-0.39, 0.29) is 31.0 Å². The van der Waals surface area contributed by atoms with Crippen LogP contribution in [0.25, 0.3) is 0 Å². The molecule has 15 heteroatoms. The molecule has 1 heterocycles. The quantitative estimate of drug-likeness (QED) is 0.0461. The molecule has 0 radical (unpaired) electrons. The Hall–Kier alpha value is -2.55. The summed E-state index contributed by atoms with van der Waals surface area (Å²) in [5.41, 5.74) is 0.186. The molecule has 4 unspecified atom stereocenters. The van der Waals surface area contributed by atoms with E-state index < -0.39 is 52.9 Å². The molecule has 38 heavy (non-hydrogen) atoms. The Kier molecular flexibility index (Phi) is 15.1. The zero-order valence-corrected chi connectivity index (χ0v) is 24.0. The van der Waals surface area contributed by atoms with Crippen LogP contribution >= 0.6 is 24.4 Å². The standard InChI is InChI=1S/C23H38BN5O7S2/c1-13(20(33)25-12-38-10-6-4-5-7-17(24)30)27-22(35)15(3)28-21(34)14(2)26-18(31)8-9-29-19(32)11-16(37)23(29)36/h13-16,37H,4-12,24H2,1-3H3,(H,25,33)(H,26,31)(H,27,35)(H,28,34). The normalized spacial score (nSPS) is 17.4. The molecule has 4 atom stereocenters. The maximum atomic E-state index is 12.4. The molecule has 12 nitrogen and oxygen atoms in total. The van der Waals surface area contributed by atoms with Crippen molar-refractivity contribution in [3.63, 3.8) is 0 Å². The Labute approximate surface area is 233 Å². The highest BCUT2D eigenvalue weighted by atomic mass is 32.2. The maximum absolute atomic E-state index is 12.4. The number of nitrogens with one attached hydrogen (secondary N) is 4. The van der Waals surface area contributed by atoms with Gasteiger partial charge in [-0.05, 0) is 45.8 Å². The van der Waals surface area contributed by atoms with Crippen molar-refractivity contribution < 1.29 is 33.6 Å². The highest BCUT2D eigenvalue weighted by molar-refractivity contribution is 7.99. The lowest BCUT2D eigenvalue weighted by Gasteiger charge is -2.21. The summed E-state index contributed by atoms with van der Waals surface area (Å²) in [4.78, 5) is 84.6. The van der Waals surface area contributed by atoms with Crippen LogP contribution in [0.1, 0.15) is 59.3 Å². The first-order chi connectivity index (χ1) is 17.8. The number of likely N-dealkylation sites (tertiary alicyclic amines) is 1. The minimum absolute atomic E-state index is 0.00834. The highest BCUT2D eigenvalue weighted by Crippen LogP contribution is 2.17. The van der Waals surface area contributed by atoms with Crippen LogP contribution in [0.3, 0.4) is 0 Å². The molecule has 1 saturated heterocycles. The third-order valence-electron chi connectivity index (χ3n) is 5.72. The summed E-state index contributed by atoms with van der Waals surface area (Å²) in [6.45, 7) is 4.31. The molecular weight excluding hydrogens is 533 g/mol. The van der Waals surface area contributed by atoms with Crippen molar-refractivity contribution in [1.82, 2.24) is 26.2 Å². The van der Waals surface area contributed by atoms with Crippen LogP contribution in [-0.2, 0) is 33.6 Å². The van der Waals surface area contributed by atoms with Gasteiger partial charge in [-0.1, -0.05) is 6.42 Å². The van der Waals surface area contributed by atoms with E-state index in [2.05, 4.69) is 33.9 Å². The van der Waals surface area contributed by atoms with Crippen molar-refractivity contribution in [3.8, 4) is 0 Å². The van der Waals surface area contributed by atoms with E-state index in [1.165, 1.54) is 20.8 Å². The van der Waals surface area contributed by atoms with Crippen molar-refractivity contribution in [2.75, 3.05) is 18.2 Å². The molecule has 1 aliphatic heterocycles. The van der Waals surface area contributed by atoms with Gasteiger partial charge in [-0.15, -0.1) is 11.8 Å². The van der Waals surface area contributed by atoms with Gasteiger partial charge >= 0.3 is 0 Å². The molecule has 0 saturated carbocycles. The SMILES string of the molecule is BC(=O)CCCCCSCNC(=O)C(C)NC(=O)C(C)NC(=O)C(C)NC(=O)CCN1C(=O)CC(S)C1=O. The molecule has 0 aromatic carbocycles. The van der Waals surface area contributed by atoms with Gasteiger partial charge in [0, 0.05) is 19.4 Å². The summed E-state index contributed by atoms with van der Waals surface area (Å²) in [7, 11) is 1.58. The largest absolute Gasteiger partial charge is 0.345 e. The van der Waals surface area contributed by atoms with Crippen LogP contribution in [0.15, 0.2) is 0 Å². The number of rotatable bonds is 17. The molecule has 0 bridgehead atoms. The average Bonchev–Trinajstić information content (AvgIpc) is 3.08. The van der Waals surface area contributed by atoms with Crippen LogP contribution < -0.4 is 21.3 Å². The van der Waals surface area contributed by atoms with Crippen LogP contribution in [0.2, 0.25) is 0 Å². The van der Waals surface area contributed by atoms with Gasteiger partial charge in [-0.25, -0.2) is 0 Å². The van der Waals surface area contributed by atoms with Crippen molar-refractivity contribution >= 4 is 73.4 Å². The Morgan fingerprint density at radius 2 is 1.50 bits per heavy atom. The molecule has 4 N–H and O–H groups in total. The first-order valence-electron chi connectivity index (χ1n) is 12.6. The molecular formula is C23H38BN5O7S2. The Bertz CT molecular complexity index is 907. The van der Waals surface area contributed by atoms with Gasteiger partial charge in [0.05, 0.1) is 16.8 Å². The summed E-state index contributed by atoms with van der Waals surface area (Å²) < 4.78 is 0. The van der Waals surface area contributed by atoms with Crippen molar-refractivity contribution in [1.29, 1.82) is 0 Å². The van der Waals surface area contributed by atoms with Gasteiger partial charge in [-0.3, -0.25) is 33.7 Å². The molecule has 1 aliphatic rings. The second-order valence-electron chi connectivity index (χ2n) is 9.21. The number of hydrogen-bond acceptors (Lipinski definition) is 9. The van der Waals surface area contributed by atoms with E-state index in [1.54, 1.807) is 19.6 Å².